The van der Waals surface area contributed by atoms with Gasteiger partial charge in [-0.05, 0) is 18.1 Å². The van der Waals surface area contributed by atoms with Crippen LogP contribution in [0.25, 0.3) is 21.9 Å². The second kappa shape index (κ2) is 7.17. The molecule has 0 spiro atoms. The van der Waals surface area contributed by atoms with Gasteiger partial charge >= 0.3 is 0 Å². The summed E-state index contributed by atoms with van der Waals surface area (Å²) in [5.41, 5.74) is 3.09. The maximum Gasteiger partial charge on any atom is 0.230 e. The molecule has 0 fully saturated rings. The van der Waals surface area contributed by atoms with Crippen molar-refractivity contribution in [2.75, 3.05) is 12.3 Å². The summed E-state index contributed by atoms with van der Waals surface area (Å²) in [4.78, 5) is 23.9. The quantitative estimate of drug-likeness (QED) is 0.404. The van der Waals surface area contributed by atoms with Crippen LogP contribution in [0.2, 0.25) is 0 Å². The first-order chi connectivity index (χ1) is 12.7. The van der Waals surface area contributed by atoms with E-state index in [1.165, 1.54) is 29.0 Å². The van der Waals surface area contributed by atoms with Crippen LogP contribution in [0.15, 0.2) is 48.0 Å². The van der Waals surface area contributed by atoms with Gasteiger partial charge < -0.3 is 10.3 Å². The Hall–Kier alpha value is -2.87. The predicted molar refractivity (Wildman–Crippen MR) is 102 cm³/mol. The highest BCUT2D eigenvalue weighted by Crippen LogP contribution is 2.23. The minimum Gasteiger partial charge on any atom is -0.361 e. The first-order valence-electron chi connectivity index (χ1n) is 8.29. The highest BCUT2D eigenvalue weighted by molar-refractivity contribution is 8.00. The van der Waals surface area contributed by atoms with Gasteiger partial charge in [-0.25, -0.2) is 9.97 Å². The Kier molecular flexibility index (Phi) is 4.57. The molecular weight excluding hydrogens is 348 g/mol. The minimum absolute atomic E-state index is 0.00880. The van der Waals surface area contributed by atoms with Crippen LogP contribution in [0.4, 0.5) is 0 Å². The molecule has 0 bridgehead atoms. The number of carbonyl (C=O) groups is 1. The van der Waals surface area contributed by atoms with E-state index in [4.69, 9.17) is 0 Å². The number of para-hydroxylation sites is 1. The van der Waals surface area contributed by atoms with Crippen molar-refractivity contribution in [3.8, 4) is 0 Å². The number of amides is 1. The van der Waals surface area contributed by atoms with Gasteiger partial charge in [-0.3, -0.25) is 9.48 Å². The standard InChI is InChI=1S/C18H18N6OS/c1-24-17-14(9-23-24)18(22-11-21-17)26-10-16(25)19-7-6-12-8-20-15-5-3-2-4-13(12)15/h2-5,8-9,11,20H,6-7,10H2,1H3,(H,19,25). The molecule has 1 amide bonds. The molecule has 2 N–H and O–H groups in total. The number of aromatic nitrogens is 5. The average molecular weight is 366 g/mol. The van der Waals surface area contributed by atoms with Crippen molar-refractivity contribution >= 4 is 39.6 Å². The summed E-state index contributed by atoms with van der Waals surface area (Å²) >= 11 is 1.40. The van der Waals surface area contributed by atoms with Crippen LogP contribution in [-0.4, -0.2) is 42.9 Å². The number of aryl methyl sites for hydroxylation is 1. The zero-order valence-electron chi connectivity index (χ0n) is 14.3. The van der Waals surface area contributed by atoms with Crippen molar-refractivity contribution < 1.29 is 4.79 Å². The van der Waals surface area contributed by atoms with Crippen LogP contribution in [-0.2, 0) is 18.3 Å². The van der Waals surface area contributed by atoms with Crippen molar-refractivity contribution in [1.82, 2.24) is 30.0 Å². The molecule has 0 aliphatic carbocycles. The molecule has 0 unspecified atom stereocenters. The molecule has 4 aromatic rings. The van der Waals surface area contributed by atoms with Crippen LogP contribution < -0.4 is 5.32 Å². The van der Waals surface area contributed by atoms with Crippen molar-refractivity contribution in [3.63, 3.8) is 0 Å². The maximum absolute atomic E-state index is 12.1. The number of fused-ring (bicyclic) bond motifs is 2. The molecule has 26 heavy (non-hydrogen) atoms. The smallest absolute Gasteiger partial charge is 0.230 e. The molecule has 0 aliphatic rings. The molecule has 4 rings (SSSR count). The fourth-order valence-corrected chi connectivity index (χ4v) is 3.71. The molecule has 0 saturated carbocycles. The number of H-pyrrole nitrogens is 1. The number of hydrogen-bond acceptors (Lipinski definition) is 5. The lowest BCUT2D eigenvalue weighted by Crippen LogP contribution is -2.27. The lowest BCUT2D eigenvalue weighted by atomic mass is 10.1. The number of rotatable bonds is 6. The molecular formula is C18H18N6OS. The van der Waals surface area contributed by atoms with Gasteiger partial charge in [0.15, 0.2) is 5.65 Å². The van der Waals surface area contributed by atoms with E-state index in [0.717, 1.165) is 28.0 Å². The summed E-state index contributed by atoms with van der Waals surface area (Å²) in [6, 6.07) is 8.17. The van der Waals surface area contributed by atoms with Crippen molar-refractivity contribution in [1.29, 1.82) is 0 Å². The van der Waals surface area contributed by atoms with E-state index < -0.39 is 0 Å². The number of nitrogens with zero attached hydrogens (tertiary/aromatic N) is 4. The molecule has 0 aliphatic heterocycles. The van der Waals surface area contributed by atoms with Gasteiger partial charge in [0, 0.05) is 30.7 Å². The number of thioether (sulfide) groups is 1. The maximum atomic E-state index is 12.1. The summed E-state index contributed by atoms with van der Waals surface area (Å²) in [6.07, 6.45) is 6.03. The third kappa shape index (κ3) is 3.28. The topological polar surface area (TPSA) is 88.5 Å². The molecule has 0 saturated heterocycles. The lowest BCUT2D eigenvalue weighted by molar-refractivity contribution is -0.118. The van der Waals surface area contributed by atoms with Gasteiger partial charge in [0.2, 0.25) is 5.91 Å². The van der Waals surface area contributed by atoms with E-state index in [-0.39, 0.29) is 5.91 Å². The molecule has 132 valence electrons. The largest absolute Gasteiger partial charge is 0.361 e. The van der Waals surface area contributed by atoms with E-state index in [2.05, 4.69) is 37.5 Å². The Balaban J connectivity index is 1.31. The van der Waals surface area contributed by atoms with Crippen LogP contribution in [0.3, 0.4) is 0 Å². The van der Waals surface area contributed by atoms with E-state index in [9.17, 15) is 4.79 Å². The SMILES string of the molecule is Cn1ncc2c(SCC(=O)NCCc3c[nH]c4ccccc34)ncnc21. The fourth-order valence-electron chi connectivity index (χ4n) is 2.92. The van der Waals surface area contributed by atoms with E-state index in [1.54, 1.807) is 10.9 Å². The first-order valence-corrected chi connectivity index (χ1v) is 9.28. The predicted octanol–water partition coefficient (Wildman–Crippen LogP) is 2.30. The van der Waals surface area contributed by atoms with Crippen molar-refractivity contribution in [2.45, 2.75) is 11.4 Å². The molecule has 3 heterocycles. The van der Waals surface area contributed by atoms with Crippen LogP contribution >= 0.6 is 11.8 Å². The Morgan fingerprint density at radius 2 is 2.15 bits per heavy atom. The zero-order valence-corrected chi connectivity index (χ0v) is 15.1. The number of hydrogen-bond donors (Lipinski definition) is 2. The molecule has 0 atom stereocenters. The van der Waals surface area contributed by atoms with Crippen molar-refractivity contribution in [3.05, 3.63) is 48.5 Å². The van der Waals surface area contributed by atoms with Crippen LogP contribution in [0.5, 0.6) is 0 Å². The highest BCUT2D eigenvalue weighted by Gasteiger charge is 2.10. The van der Waals surface area contributed by atoms with E-state index in [1.807, 2.05) is 25.4 Å². The van der Waals surface area contributed by atoms with Gasteiger partial charge in [-0.2, -0.15) is 5.10 Å². The molecule has 1 aromatic carbocycles. The Labute approximate surface area is 154 Å². The molecule has 3 aromatic heterocycles. The van der Waals surface area contributed by atoms with Crippen LogP contribution in [0, 0.1) is 0 Å². The van der Waals surface area contributed by atoms with Gasteiger partial charge in [0.1, 0.15) is 11.4 Å². The van der Waals surface area contributed by atoms with Crippen LogP contribution in [0.1, 0.15) is 5.56 Å². The Morgan fingerprint density at radius 3 is 3.08 bits per heavy atom. The van der Waals surface area contributed by atoms with E-state index in [0.29, 0.717) is 12.3 Å². The Morgan fingerprint density at radius 1 is 1.27 bits per heavy atom. The number of aromatic amines is 1. The summed E-state index contributed by atoms with van der Waals surface area (Å²) in [5, 5.41) is 10.00. The summed E-state index contributed by atoms with van der Waals surface area (Å²) in [7, 11) is 1.83. The molecule has 7 nitrogen and oxygen atoms in total. The molecule has 0 radical (unpaired) electrons. The minimum atomic E-state index is -0.00880. The normalized spacial score (nSPS) is 11.3. The fraction of sp³-hybridized carbons (Fsp3) is 0.222. The summed E-state index contributed by atoms with van der Waals surface area (Å²) in [6.45, 7) is 0.604. The first kappa shape index (κ1) is 16.6. The van der Waals surface area contributed by atoms with Gasteiger partial charge in [0.25, 0.3) is 0 Å². The van der Waals surface area contributed by atoms with Gasteiger partial charge in [-0.15, -0.1) is 0 Å². The number of benzene rings is 1. The van der Waals surface area contributed by atoms with E-state index >= 15 is 0 Å². The lowest BCUT2D eigenvalue weighted by Gasteiger charge is -2.05. The Bertz CT molecular complexity index is 1070. The molecule has 8 heteroatoms. The highest BCUT2D eigenvalue weighted by atomic mass is 32.2. The third-order valence-corrected chi connectivity index (χ3v) is 5.23. The second-order valence-corrected chi connectivity index (χ2v) is 6.90. The summed E-state index contributed by atoms with van der Waals surface area (Å²) < 4.78 is 1.70. The average Bonchev–Trinajstić information content (AvgIpc) is 3.25. The second-order valence-electron chi connectivity index (χ2n) is 5.93. The summed E-state index contributed by atoms with van der Waals surface area (Å²) in [5.74, 6) is 0.306. The number of carbonyl (C=O) groups excluding carboxylic acids is 1. The van der Waals surface area contributed by atoms with Crippen molar-refractivity contribution in [2.24, 2.45) is 7.05 Å². The zero-order chi connectivity index (χ0) is 17.9. The van der Waals surface area contributed by atoms with Gasteiger partial charge in [-0.1, -0.05) is 30.0 Å². The third-order valence-electron chi connectivity index (χ3n) is 4.22. The van der Waals surface area contributed by atoms with Gasteiger partial charge in [0.05, 0.1) is 17.3 Å². The monoisotopic (exact) mass is 366 g/mol. The number of nitrogens with one attached hydrogen (secondary N) is 2.